The van der Waals surface area contributed by atoms with Crippen molar-refractivity contribution >= 4 is 19.8 Å². The SMILES string of the molecule is CCCCC/C=C\C=C/[C@H](O)C/C=C\C/C=C/CCCC(=O)O[C@H](COC(=O)CCCCCCCCCCCCCCCCCCC)COP(=O)([O-])OCC[N+](C)(C)C. The van der Waals surface area contributed by atoms with Crippen LogP contribution in [0.2, 0.25) is 0 Å². The van der Waals surface area contributed by atoms with Crippen molar-refractivity contribution in [2.75, 3.05) is 47.5 Å². The second-order valence-electron chi connectivity index (χ2n) is 17.0. The summed E-state index contributed by atoms with van der Waals surface area (Å²) < 4.78 is 33.8. The van der Waals surface area contributed by atoms with Gasteiger partial charge in [-0.1, -0.05) is 178 Å². The lowest BCUT2D eigenvalue weighted by Crippen LogP contribution is -2.37. The number of carbonyl (C=O) groups excluding carboxylic acids is 2. The maximum absolute atomic E-state index is 12.7. The predicted molar refractivity (Wildman–Crippen MR) is 242 cm³/mol. The number of phosphoric acid groups is 1. The molecule has 3 atom stereocenters. The highest BCUT2D eigenvalue weighted by atomic mass is 31.2. The van der Waals surface area contributed by atoms with Crippen LogP contribution < -0.4 is 4.89 Å². The number of rotatable bonds is 42. The molecule has 11 heteroatoms. The van der Waals surface area contributed by atoms with Crippen LogP contribution in [0.4, 0.5) is 0 Å². The maximum Gasteiger partial charge on any atom is 0.306 e. The van der Waals surface area contributed by atoms with E-state index in [9.17, 15) is 24.2 Å². The van der Waals surface area contributed by atoms with Crippen molar-refractivity contribution in [2.45, 2.75) is 199 Å². The Hall–Kier alpha value is -2.07. The number of allylic oxidation sites excluding steroid dienone is 6. The molecule has 0 aromatic carbocycles. The minimum Gasteiger partial charge on any atom is -0.756 e. The molecule has 0 saturated carbocycles. The number of ether oxygens (including phenoxy) is 2. The van der Waals surface area contributed by atoms with Gasteiger partial charge in [0.2, 0.25) is 0 Å². The van der Waals surface area contributed by atoms with Crippen LogP contribution in [-0.4, -0.2) is 81.2 Å². The average Bonchev–Trinajstić information content (AvgIpc) is 3.18. The van der Waals surface area contributed by atoms with E-state index in [1.54, 1.807) is 6.08 Å². The van der Waals surface area contributed by atoms with Crippen molar-refractivity contribution in [1.29, 1.82) is 0 Å². The molecular weight excluding hydrogens is 766 g/mol. The Morgan fingerprint density at radius 2 is 1.15 bits per heavy atom. The summed E-state index contributed by atoms with van der Waals surface area (Å²) in [5, 5.41) is 10.1. The molecule has 59 heavy (non-hydrogen) atoms. The summed E-state index contributed by atoms with van der Waals surface area (Å²) in [4.78, 5) is 37.6. The van der Waals surface area contributed by atoms with E-state index < -0.39 is 38.6 Å². The number of hydrogen-bond donors (Lipinski definition) is 1. The second-order valence-corrected chi connectivity index (χ2v) is 18.4. The molecule has 10 nitrogen and oxygen atoms in total. The minimum absolute atomic E-state index is 0.0528. The number of nitrogens with zero attached hydrogens (tertiary/aromatic N) is 1. The van der Waals surface area contributed by atoms with Crippen LogP contribution in [0.1, 0.15) is 187 Å². The van der Waals surface area contributed by atoms with Crippen LogP contribution in [0.25, 0.3) is 0 Å². The molecule has 1 N–H and O–H groups in total. The highest BCUT2D eigenvalue weighted by molar-refractivity contribution is 7.45. The largest absolute Gasteiger partial charge is 0.756 e. The molecule has 0 aromatic heterocycles. The smallest absolute Gasteiger partial charge is 0.306 e. The quantitative estimate of drug-likeness (QED) is 0.0159. The molecule has 0 bridgehead atoms. The first-order valence-corrected chi connectivity index (χ1v) is 24.9. The van der Waals surface area contributed by atoms with Crippen molar-refractivity contribution in [3.05, 3.63) is 48.6 Å². The third-order valence-corrected chi connectivity index (χ3v) is 10.9. The molecule has 0 amide bonds. The fourth-order valence-corrected chi connectivity index (χ4v) is 6.93. The van der Waals surface area contributed by atoms with Gasteiger partial charge in [-0.15, -0.1) is 0 Å². The van der Waals surface area contributed by atoms with E-state index in [0.717, 1.165) is 19.3 Å². The van der Waals surface area contributed by atoms with Gasteiger partial charge in [-0.3, -0.25) is 14.2 Å². The molecule has 0 aliphatic carbocycles. The van der Waals surface area contributed by atoms with Gasteiger partial charge in [-0.05, 0) is 44.9 Å². The van der Waals surface area contributed by atoms with Gasteiger partial charge in [-0.2, -0.15) is 0 Å². The van der Waals surface area contributed by atoms with Crippen LogP contribution in [0.15, 0.2) is 48.6 Å². The first kappa shape index (κ1) is 56.9. The van der Waals surface area contributed by atoms with E-state index in [1.807, 2.05) is 57.6 Å². The number of quaternary nitrogens is 1. The van der Waals surface area contributed by atoms with Gasteiger partial charge in [-0.25, -0.2) is 0 Å². The third kappa shape index (κ3) is 43.8. The summed E-state index contributed by atoms with van der Waals surface area (Å²) in [5.41, 5.74) is 0. The maximum atomic E-state index is 12.7. The van der Waals surface area contributed by atoms with Gasteiger partial charge in [0.25, 0.3) is 7.82 Å². The molecule has 0 spiro atoms. The molecule has 0 fully saturated rings. The normalized spacial score (nSPS) is 14.5. The van der Waals surface area contributed by atoms with E-state index in [2.05, 4.69) is 19.9 Å². The Morgan fingerprint density at radius 1 is 0.627 bits per heavy atom. The summed E-state index contributed by atoms with van der Waals surface area (Å²) in [5.74, 6) is -0.937. The van der Waals surface area contributed by atoms with E-state index in [1.165, 1.54) is 109 Å². The Bertz CT molecular complexity index is 1160. The standard InChI is InChI=1S/C48H88NO9P/c1-6-8-10-12-14-15-16-17-18-19-20-21-22-23-27-31-35-39-47(51)55-43-46(44-57-59(53,54)56-42-41-49(3,4)5)58-48(52)40-36-32-28-24-26-30-34-38-45(50)37-33-29-25-13-11-9-7-2/h24-25,28-30,33-34,37,45-46,50H,6-23,26-27,31-32,35-36,38-44H2,1-5H3/b28-24+,29-25-,34-30-,37-33-/t45-,46+/m0/s1. The number of carbonyl (C=O) groups is 2. The van der Waals surface area contributed by atoms with Gasteiger partial charge < -0.3 is 33.0 Å². The van der Waals surface area contributed by atoms with Crippen molar-refractivity contribution in [3.63, 3.8) is 0 Å². The van der Waals surface area contributed by atoms with Gasteiger partial charge in [0, 0.05) is 12.8 Å². The molecule has 0 radical (unpaired) electrons. The third-order valence-electron chi connectivity index (χ3n) is 9.93. The van der Waals surface area contributed by atoms with Crippen LogP contribution in [0.3, 0.4) is 0 Å². The Labute approximate surface area is 361 Å². The van der Waals surface area contributed by atoms with Gasteiger partial charge in [0.05, 0.1) is 33.9 Å². The Kier molecular flexibility index (Phi) is 38.6. The van der Waals surface area contributed by atoms with Crippen LogP contribution >= 0.6 is 7.82 Å². The zero-order valence-corrected chi connectivity index (χ0v) is 39.2. The first-order valence-electron chi connectivity index (χ1n) is 23.5. The number of hydrogen-bond acceptors (Lipinski definition) is 9. The summed E-state index contributed by atoms with van der Waals surface area (Å²) in [6, 6.07) is 0. The number of likely N-dealkylation sites (N-methyl/N-ethyl adjacent to an activating group) is 1. The number of esters is 2. The first-order chi connectivity index (χ1) is 28.4. The zero-order chi connectivity index (χ0) is 43.7. The Balaban J connectivity index is 4.46. The van der Waals surface area contributed by atoms with Crippen LogP contribution in [0, 0.1) is 0 Å². The van der Waals surface area contributed by atoms with E-state index >= 15 is 0 Å². The monoisotopic (exact) mass is 854 g/mol. The van der Waals surface area contributed by atoms with Gasteiger partial charge in [0.15, 0.2) is 6.10 Å². The fourth-order valence-electron chi connectivity index (χ4n) is 6.20. The number of phosphoric ester groups is 1. The molecule has 0 rings (SSSR count). The van der Waals surface area contributed by atoms with Crippen molar-refractivity contribution in [3.8, 4) is 0 Å². The van der Waals surface area contributed by atoms with Gasteiger partial charge >= 0.3 is 11.9 Å². The number of aliphatic hydroxyl groups is 1. The molecule has 0 aromatic rings. The van der Waals surface area contributed by atoms with Crippen molar-refractivity contribution < 1.29 is 47.2 Å². The summed E-state index contributed by atoms with van der Waals surface area (Å²) in [7, 11) is 1.09. The molecule has 1 unspecified atom stereocenters. The molecule has 0 aliphatic rings. The minimum atomic E-state index is -4.66. The zero-order valence-electron chi connectivity index (χ0n) is 38.3. The number of unbranched alkanes of at least 4 members (excludes halogenated alkanes) is 20. The summed E-state index contributed by atoms with van der Waals surface area (Å²) >= 11 is 0. The molecule has 0 saturated heterocycles. The Morgan fingerprint density at radius 3 is 1.75 bits per heavy atom. The van der Waals surface area contributed by atoms with Gasteiger partial charge in [0.1, 0.15) is 19.8 Å². The predicted octanol–water partition coefficient (Wildman–Crippen LogP) is 11.8. The highest BCUT2D eigenvalue weighted by Crippen LogP contribution is 2.38. The lowest BCUT2D eigenvalue weighted by atomic mass is 10.0. The van der Waals surface area contributed by atoms with E-state index in [-0.39, 0.29) is 26.1 Å². The van der Waals surface area contributed by atoms with Crippen LogP contribution in [-0.2, 0) is 32.7 Å². The van der Waals surface area contributed by atoms with Crippen molar-refractivity contribution in [2.24, 2.45) is 0 Å². The second kappa shape index (κ2) is 40.0. The summed E-state index contributed by atoms with van der Waals surface area (Å²) in [6.07, 6.45) is 43.1. The highest BCUT2D eigenvalue weighted by Gasteiger charge is 2.21. The van der Waals surface area contributed by atoms with Crippen molar-refractivity contribution in [1.82, 2.24) is 0 Å². The lowest BCUT2D eigenvalue weighted by molar-refractivity contribution is -0.870. The number of aliphatic hydroxyl groups excluding tert-OH is 1. The van der Waals surface area contributed by atoms with Crippen LogP contribution in [0.5, 0.6) is 0 Å². The molecule has 344 valence electrons. The molecular formula is C48H88NO9P. The molecule has 0 aliphatic heterocycles. The lowest BCUT2D eigenvalue weighted by Gasteiger charge is -2.28. The van der Waals surface area contributed by atoms with E-state index in [4.69, 9.17) is 18.5 Å². The van der Waals surface area contributed by atoms with E-state index in [0.29, 0.717) is 43.1 Å². The summed E-state index contributed by atoms with van der Waals surface area (Å²) in [6.45, 7) is 4.05. The topological polar surface area (TPSA) is 131 Å². The average molecular weight is 854 g/mol. The molecule has 0 heterocycles. The fraction of sp³-hybridized carbons (Fsp3) is 0.792.